The van der Waals surface area contributed by atoms with Gasteiger partial charge in [0.2, 0.25) is 5.95 Å². The molecule has 0 spiro atoms. The lowest BCUT2D eigenvalue weighted by Gasteiger charge is -2.03. The van der Waals surface area contributed by atoms with E-state index < -0.39 is 5.82 Å². The third-order valence-electron chi connectivity index (χ3n) is 1.86. The minimum Gasteiger partial charge on any atom is -0.366 e. The number of aromatic nitrogens is 3. The molecule has 0 fully saturated rings. The van der Waals surface area contributed by atoms with Gasteiger partial charge in [-0.05, 0) is 34.1 Å². The summed E-state index contributed by atoms with van der Waals surface area (Å²) in [6, 6.07) is 4.24. The molecule has 0 aliphatic carbocycles. The van der Waals surface area contributed by atoms with Crippen molar-refractivity contribution in [3.05, 3.63) is 33.6 Å². The minimum absolute atomic E-state index is 0.0154. The van der Waals surface area contributed by atoms with Gasteiger partial charge in [0.1, 0.15) is 11.5 Å². The first-order chi connectivity index (χ1) is 7.58. The van der Waals surface area contributed by atoms with Gasteiger partial charge in [-0.3, -0.25) is 0 Å². The second-order valence-electron chi connectivity index (χ2n) is 2.94. The Balaban J connectivity index is 2.58. The van der Waals surface area contributed by atoms with E-state index in [0.29, 0.717) is 15.9 Å². The predicted octanol–water partition coefficient (Wildman–Crippen LogP) is 2.68. The van der Waals surface area contributed by atoms with E-state index in [1.807, 2.05) is 0 Å². The molecular weight excluding hydrogens is 298 g/mol. The van der Waals surface area contributed by atoms with Gasteiger partial charge in [-0.25, -0.2) is 9.37 Å². The smallest absolute Gasteiger partial charge is 0.240 e. The summed E-state index contributed by atoms with van der Waals surface area (Å²) >= 11 is 8.85. The number of hydrogen-bond acceptors (Lipinski definition) is 4. The van der Waals surface area contributed by atoms with Gasteiger partial charge in [0.05, 0.1) is 5.02 Å². The maximum atomic E-state index is 13.0. The number of halogens is 3. The molecule has 0 saturated heterocycles. The summed E-state index contributed by atoms with van der Waals surface area (Å²) in [6.07, 6.45) is 0. The van der Waals surface area contributed by atoms with Crippen molar-refractivity contribution in [1.82, 2.24) is 15.2 Å². The molecule has 16 heavy (non-hydrogen) atoms. The van der Waals surface area contributed by atoms with Gasteiger partial charge >= 0.3 is 0 Å². The van der Waals surface area contributed by atoms with E-state index in [4.69, 9.17) is 17.3 Å². The van der Waals surface area contributed by atoms with Crippen molar-refractivity contribution in [3.63, 3.8) is 0 Å². The first-order valence-corrected chi connectivity index (χ1v) is 5.36. The van der Waals surface area contributed by atoms with Crippen LogP contribution in [0.1, 0.15) is 0 Å². The van der Waals surface area contributed by atoms with Crippen LogP contribution in [0.5, 0.6) is 0 Å². The zero-order valence-corrected chi connectivity index (χ0v) is 10.1. The first-order valence-electron chi connectivity index (χ1n) is 4.19. The summed E-state index contributed by atoms with van der Waals surface area (Å²) in [5.41, 5.74) is 6.50. The molecule has 82 valence electrons. The normalized spacial score (nSPS) is 10.4. The van der Waals surface area contributed by atoms with Crippen LogP contribution in [0.25, 0.3) is 11.3 Å². The Morgan fingerprint density at radius 2 is 2.06 bits per heavy atom. The summed E-state index contributed by atoms with van der Waals surface area (Å²) in [6.45, 7) is 0. The van der Waals surface area contributed by atoms with Gasteiger partial charge in [-0.2, -0.15) is 0 Å². The Bertz CT molecular complexity index is 549. The molecule has 7 heteroatoms. The Labute approximate surface area is 104 Å². The van der Waals surface area contributed by atoms with Gasteiger partial charge in [0.25, 0.3) is 0 Å². The molecule has 1 heterocycles. The molecule has 1 aromatic heterocycles. The van der Waals surface area contributed by atoms with Crippen LogP contribution in [0, 0.1) is 5.82 Å². The van der Waals surface area contributed by atoms with E-state index >= 15 is 0 Å². The average molecular weight is 304 g/mol. The highest BCUT2D eigenvalue weighted by atomic mass is 79.9. The monoisotopic (exact) mass is 302 g/mol. The van der Waals surface area contributed by atoms with E-state index in [9.17, 15) is 4.39 Å². The number of nitrogens with two attached hydrogens (primary N) is 1. The van der Waals surface area contributed by atoms with Crippen LogP contribution >= 0.6 is 27.5 Å². The van der Waals surface area contributed by atoms with Crippen molar-refractivity contribution in [3.8, 4) is 11.3 Å². The van der Waals surface area contributed by atoms with Crippen molar-refractivity contribution in [2.45, 2.75) is 0 Å². The summed E-state index contributed by atoms with van der Waals surface area (Å²) in [5.74, 6) is -0.449. The largest absolute Gasteiger partial charge is 0.366 e. The van der Waals surface area contributed by atoms with Crippen LogP contribution < -0.4 is 5.73 Å². The van der Waals surface area contributed by atoms with Gasteiger partial charge in [-0.15, -0.1) is 10.2 Å². The van der Waals surface area contributed by atoms with Gasteiger partial charge in [0, 0.05) is 5.56 Å². The molecule has 2 N–H and O–H groups in total. The first kappa shape index (κ1) is 11.2. The third kappa shape index (κ3) is 2.12. The van der Waals surface area contributed by atoms with Crippen molar-refractivity contribution >= 4 is 33.5 Å². The molecule has 4 nitrogen and oxygen atoms in total. The lowest BCUT2D eigenvalue weighted by atomic mass is 10.1. The van der Waals surface area contributed by atoms with Gasteiger partial charge in [0.15, 0.2) is 4.60 Å². The van der Waals surface area contributed by atoms with Crippen LogP contribution in [-0.2, 0) is 0 Å². The second kappa shape index (κ2) is 4.31. The van der Waals surface area contributed by atoms with E-state index in [1.54, 1.807) is 0 Å². The highest BCUT2D eigenvalue weighted by molar-refractivity contribution is 9.10. The van der Waals surface area contributed by atoms with Crippen molar-refractivity contribution in [1.29, 1.82) is 0 Å². The fourth-order valence-electron chi connectivity index (χ4n) is 1.15. The number of nitrogen functional groups attached to an aromatic ring is 1. The zero-order valence-electron chi connectivity index (χ0n) is 7.78. The Hall–Kier alpha value is -1.27. The number of nitrogens with zero attached hydrogens (tertiary/aromatic N) is 3. The molecule has 0 aliphatic rings. The fourth-order valence-corrected chi connectivity index (χ4v) is 1.73. The molecule has 2 rings (SSSR count). The lowest BCUT2D eigenvalue weighted by molar-refractivity contribution is 0.628. The molecule has 2 aromatic rings. The van der Waals surface area contributed by atoms with E-state index in [-0.39, 0.29) is 11.0 Å². The number of anilines is 1. The quantitative estimate of drug-likeness (QED) is 0.879. The Kier molecular flexibility index (Phi) is 3.02. The fraction of sp³-hybridized carbons (Fsp3) is 0. The second-order valence-corrected chi connectivity index (χ2v) is 4.10. The van der Waals surface area contributed by atoms with Crippen LogP contribution in [0.3, 0.4) is 0 Å². The summed E-state index contributed by atoms with van der Waals surface area (Å²) in [4.78, 5) is 3.99. The van der Waals surface area contributed by atoms with Crippen molar-refractivity contribution < 1.29 is 4.39 Å². The summed E-state index contributed by atoms with van der Waals surface area (Å²) < 4.78 is 13.4. The van der Waals surface area contributed by atoms with Crippen LogP contribution in [-0.4, -0.2) is 15.2 Å². The third-order valence-corrected chi connectivity index (χ3v) is 2.68. The van der Waals surface area contributed by atoms with E-state index in [1.165, 1.54) is 18.2 Å². The molecule has 0 atom stereocenters. The standard InChI is InChI=1S/C9H5BrClFN4/c10-8-7(14-9(13)16-15-8)4-1-2-6(12)5(11)3-4/h1-3H,(H2,13,14,16). The Morgan fingerprint density at radius 1 is 1.31 bits per heavy atom. The topological polar surface area (TPSA) is 64.7 Å². The van der Waals surface area contributed by atoms with Crippen molar-refractivity contribution in [2.75, 3.05) is 5.73 Å². The summed E-state index contributed by atoms with van der Waals surface area (Å²) in [5, 5.41) is 7.33. The molecule has 0 amide bonds. The predicted molar refractivity (Wildman–Crippen MR) is 62.3 cm³/mol. The maximum Gasteiger partial charge on any atom is 0.240 e. The molecule has 0 aliphatic heterocycles. The average Bonchev–Trinajstić information content (AvgIpc) is 2.26. The Morgan fingerprint density at radius 3 is 2.75 bits per heavy atom. The van der Waals surface area contributed by atoms with Gasteiger partial charge < -0.3 is 5.73 Å². The molecule has 0 bridgehead atoms. The van der Waals surface area contributed by atoms with E-state index in [0.717, 1.165) is 0 Å². The highest BCUT2D eigenvalue weighted by Crippen LogP contribution is 2.27. The van der Waals surface area contributed by atoms with Crippen molar-refractivity contribution in [2.24, 2.45) is 0 Å². The van der Waals surface area contributed by atoms with Crippen LogP contribution in [0.15, 0.2) is 22.8 Å². The molecule has 1 aromatic carbocycles. The molecular formula is C9H5BrClFN4. The van der Waals surface area contributed by atoms with E-state index in [2.05, 4.69) is 31.1 Å². The van der Waals surface area contributed by atoms with Crippen LogP contribution in [0.2, 0.25) is 5.02 Å². The SMILES string of the molecule is Nc1nnc(Br)c(-c2ccc(F)c(Cl)c2)n1. The van der Waals surface area contributed by atoms with Gasteiger partial charge in [-0.1, -0.05) is 11.6 Å². The lowest BCUT2D eigenvalue weighted by Crippen LogP contribution is -2.00. The number of rotatable bonds is 1. The highest BCUT2D eigenvalue weighted by Gasteiger charge is 2.10. The minimum atomic E-state index is -0.489. The zero-order chi connectivity index (χ0) is 11.7. The van der Waals surface area contributed by atoms with Crippen LogP contribution in [0.4, 0.5) is 10.3 Å². The molecule has 0 radical (unpaired) electrons. The number of benzene rings is 1. The molecule has 0 unspecified atom stereocenters. The number of hydrogen-bond donors (Lipinski definition) is 1. The molecule has 0 saturated carbocycles. The maximum absolute atomic E-state index is 13.0. The summed E-state index contributed by atoms with van der Waals surface area (Å²) in [7, 11) is 0.